The van der Waals surface area contributed by atoms with Crippen LogP contribution in [0.15, 0.2) is 48.8 Å². The van der Waals surface area contributed by atoms with E-state index in [0.717, 1.165) is 36.8 Å². The van der Waals surface area contributed by atoms with Gasteiger partial charge in [0.1, 0.15) is 11.6 Å². The van der Waals surface area contributed by atoms with Gasteiger partial charge in [0.25, 0.3) is 0 Å². The van der Waals surface area contributed by atoms with Crippen LogP contribution in [0.1, 0.15) is 37.1 Å². The van der Waals surface area contributed by atoms with Crippen molar-refractivity contribution in [2.45, 2.75) is 37.5 Å². The second-order valence-electron chi connectivity index (χ2n) is 7.15. The molecule has 28 heavy (non-hydrogen) atoms. The molecule has 6 nitrogen and oxygen atoms in total. The van der Waals surface area contributed by atoms with E-state index < -0.39 is 5.41 Å². The van der Waals surface area contributed by atoms with Crippen LogP contribution in [0.25, 0.3) is 11.4 Å². The number of halogens is 1. The molecule has 0 saturated heterocycles. The minimum absolute atomic E-state index is 0.00334. The maximum Gasteiger partial charge on any atom is 0.230 e. The zero-order valence-electron chi connectivity index (χ0n) is 15.5. The lowest BCUT2D eigenvalue weighted by Crippen LogP contribution is -2.43. The Balaban J connectivity index is 1.39. The van der Waals surface area contributed by atoms with E-state index in [2.05, 4.69) is 25.5 Å². The molecule has 1 aliphatic rings. The largest absolute Gasteiger partial charge is 0.355 e. The first-order chi connectivity index (χ1) is 13.7. The van der Waals surface area contributed by atoms with Gasteiger partial charge in [-0.25, -0.2) is 9.37 Å². The van der Waals surface area contributed by atoms with Gasteiger partial charge >= 0.3 is 0 Å². The monoisotopic (exact) mass is 379 g/mol. The summed E-state index contributed by atoms with van der Waals surface area (Å²) in [5.74, 6) is 1.02. The van der Waals surface area contributed by atoms with Gasteiger partial charge < -0.3 is 5.32 Å². The molecule has 1 aliphatic carbocycles. The highest BCUT2D eigenvalue weighted by Gasteiger charge is 2.42. The number of pyridine rings is 1. The summed E-state index contributed by atoms with van der Waals surface area (Å²) in [6, 6.07) is 10.1. The number of rotatable bonds is 6. The average molecular weight is 379 g/mol. The molecule has 7 heteroatoms. The van der Waals surface area contributed by atoms with Crippen LogP contribution < -0.4 is 5.32 Å². The number of nitrogens with one attached hydrogen (secondary N) is 2. The summed E-state index contributed by atoms with van der Waals surface area (Å²) in [7, 11) is 0. The molecule has 1 fully saturated rings. The molecule has 2 heterocycles. The highest BCUT2D eigenvalue weighted by atomic mass is 19.1. The van der Waals surface area contributed by atoms with Gasteiger partial charge in [0.2, 0.25) is 5.91 Å². The molecule has 0 bridgehead atoms. The number of hydrogen-bond acceptors (Lipinski definition) is 4. The second-order valence-corrected chi connectivity index (χ2v) is 7.15. The first-order valence-electron chi connectivity index (χ1n) is 9.53. The van der Waals surface area contributed by atoms with Crippen LogP contribution in [0.3, 0.4) is 0 Å². The molecule has 1 saturated carbocycles. The van der Waals surface area contributed by atoms with Gasteiger partial charge in [-0.15, -0.1) is 0 Å². The second kappa shape index (κ2) is 7.88. The van der Waals surface area contributed by atoms with E-state index in [1.165, 1.54) is 12.1 Å². The maximum absolute atomic E-state index is 13.3. The van der Waals surface area contributed by atoms with Gasteiger partial charge in [-0.2, -0.15) is 5.10 Å². The Labute approximate surface area is 162 Å². The van der Waals surface area contributed by atoms with Crippen molar-refractivity contribution in [1.29, 1.82) is 0 Å². The number of nitrogens with zero attached hydrogens (tertiary/aromatic N) is 3. The zero-order valence-corrected chi connectivity index (χ0v) is 15.5. The topological polar surface area (TPSA) is 83.6 Å². The van der Waals surface area contributed by atoms with Crippen LogP contribution in [-0.2, 0) is 16.6 Å². The number of amides is 1. The number of carbonyl (C=O) groups is 1. The van der Waals surface area contributed by atoms with Crippen molar-refractivity contribution in [2.24, 2.45) is 0 Å². The van der Waals surface area contributed by atoms with E-state index in [9.17, 15) is 9.18 Å². The van der Waals surface area contributed by atoms with Crippen LogP contribution in [0.5, 0.6) is 0 Å². The molecule has 2 N–H and O–H groups in total. The van der Waals surface area contributed by atoms with Crippen molar-refractivity contribution in [2.75, 3.05) is 6.54 Å². The van der Waals surface area contributed by atoms with Crippen molar-refractivity contribution < 1.29 is 9.18 Å². The predicted octanol–water partition coefficient (Wildman–Crippen LogP) is 3.18. The molecular formula is C21H22FN5O. The fourth-order valence-electron chi connectivity index (χ4n) is 3.89. The summed E-state index contributed by atoms with van der Waals surface area (Å²) in [4.78, 5) is 21.5. The molecule has 1 amide bonds. The van der Waals surface area contributed by atoms with Crippen molar-refractivity contribution in [3.05, 3.63) is 66.0 Å². The fourth-order valence-corrected chi connectivity index (χ4v) is 3.89. The lowest BCUT2D eigenvalue weighted by molar-refractivity contribution is -0.126. The molecule has 0 unspecified atom stereocenters. The van der Waals surface area contributed by atoms with Gasteiger partial charge in [-0.3, -0.25) is 14.9 Å². The first-order valence-corrected chi connectivity index (χ1v) is 9.53. The molecule has 0 atom stereocenters. The lowest BCUT2D eigenvalue weighted by atomic mass is 9.78. The van der Waals surface area contributed by atoms with Gasteiger partial charge in [-0.05, 0) is 42.7 Å². The van der Waals surface area contributed by atoms with Gasteiger partial charge in [0, 0.05) is 30.9 Å². The highest BCUT2D eigenvalue weighted by molar-refractivity contribution is 5.88. The molecule has 0 aliphatic heterocycles. The summed E-state index contributed by atoms with van der Waals surface area (Å²) in [6.45, 7) is 0.462. The Morgan fingerprint density at radius 2 is 1.96 bits per heavy atom. The Hall–Kier alpha value is -3.09. The molecule has 3 aromatic rings. The number of aromatic nitrogens is 4. The number of H-pyrrole nitrogens is 1. The first kappa shape index (κ1) is 18.3. The van der Waals surface area contributed by atoms with Crippen LogP contribution in [0.4, 0.5) is 4.39 Å². The summed E-state index contributed by atoms with van der Waals surface area (Å²) in [6.07, 6.45) is 7.55. The van der Waals surface area contributed by atoms with E-state index in [1.54, 1.807) is 24.5 Å². The van der Waals surface area contributed by atoms with Gasteiger partial charge in [0.15, 0.2) is 5.82 Å². The predicted molar refractivity (Wildman–Crippen MR) is 103 cm³/mol. The zero-order chi connectivity index (χ0) is 19.4. The van der Waals surface area contributed by atoms with Crippen LogP contribution in [-0.4, -0.2) is 32.6 Å². The lowest BCUT2D eigenvalue weighted by Gasteiger charge is -2.28. The number of carbonyl (C=O) groups excluding carboxylic acids is 1. The Morgan fingerprint density at radius 3 is 2.68 bits per heavy atom. The maximum atomic E-state index is 13.3. The van der Waals surface area contributed by atoms with Gasteiger partial charge in [0.05, 0.1) is 5.41 Å². The minimum atomic E-state index is -0.560. The van der Waals surface area contributed by atoms with E-state index in [1.807, 2.05) is 12.1 Å². The Morgan fingerprint density at radius 1 is 1.18 bits per heavy atom. The van der Waals surface area contributed by atoms with Crippen molar-refractivity contribution >= 4 is 5.91 Å². The van der Waals surface area contributed by atoms with E-state index in [0.29, 0.717) is 24.6 Å². The molecule has 0 spiro atoms. The summed E-state index contributed by atoms with van der Waals surface area (Å²) in [5, 5.41) is 10.2. The van der Waals surface area contributed by atoms with E-state index in [4.69, 9.17) is 0 Å². The highest BCUT2D eigenvalue weighted by Crippen LogP contribution is 2.41. The summed E-state index contributed by atoms with van der Waals surface area (Å²) < 4.78 is 13.3. The SMILES string of the molecule is O=C(NCCc1nc(-c2cccnc2)n[nH]1)C1(c2ccc(F)cc2)CCCC1. The third-order valence-corrected chi connectivity index (χ3v) is 5.39. The molecule has 0 radical (unpaired) electrons. The van der Waals surface area contributed by atoms with Gasteiger partial charge in [-0.1, -0.05) is 25.0 Å². The minimum Gasteiger partial charge on any atom is -0.355 e. The molecule has 144 valence electrons. The Bertz CT molecular complexity index is 933. The van der Waals surface area contributed by atoms with Crippen molar-refractivity contribution in [3.63, 3.8) is 0 Å². The fraction of sp³-hybridized carbons (Fsp3) is 0.333. The third-order valence-electron chi connectivity index (χ3n) is 5.39. The quantitative estimate of drug-likeness (QED) is 0.689. The average Bonchev–Trinajstić information content (AvgIpc) is 3.40. The number of hydrogen-bond donors (Lipinski definition) is 2. The van der Waals surface area contributed by atoms with Crippen LogP contribution >= 0.6 is 0 Å². The third kappa shape index (κ3) is 3.65. The normalized spacial score (nSPS) is 15.5. The smallest absolute Gasteiger partial charge is 0.230 e. The van der Waals surface area contributed by atoms with Crippen LogP contribution in [0, 0.1) is 5.82 Å². The van der Waals surface area contributed by atoms with Crippen molar-refractivity contribution in [3.8, 4) is 11.4 Å². The number of aromatic amines is 1. The standard InChI is InChI=1S/C21H22FN5O/c22-17-7-5-16(6-8-17)21(10-1-2-11-21)20(28)24-13-9-18-25-19(27-26-18)15-4-3-12-23-14-15/h3-8,12,14H,1-2,9-11,13H2,(H,24,28)(H,25,26,27). The van der Waals surface area contributed by atoms with E-state index >= 15 is 0 Å². The summed E-state index contributed by atoms with van der Waals surface area (Å²) in [5.41, 5.74) is 1.17. The Kier molecular flexibility index (Phi) is 5.14. The molecule has 1 aromatic carbocycles. The molecule has 2 aromatic heterocycles. The number of benzene rings is 1. The summed E-state index contributed by atoms with van der Waals surface area (Å²) >= 11 is 0. The van der Waals surface area contributed by atoms with Crippen LogP contribution in [0.2, 0.25) is 0 Å². The molecule has 4 rings (SSSR count). The van der Waals surface area contributed by atoms with Crippen molar-refractivity contribution in [1.82, 2.24) is 25.5 Å². The van der Waals surface area contributed by atoms with E-state index in [-0.39, 0.29) is 11.7 Å². The molecular weight excluding hydrogens is 357 g/mol.